The van der Waals surface area contributed by atoms with Crippen LogP contribution in [0.3, 0.4) is 0 Å². The summed E-state index contributed by atoms with van der Waals surface area (Å²) in [6.45, 7) is 1.51. The first-order valence-corrected chi connectivity index (χ1v) is 9.46. The number of likely N-dealkylation sites (N-methyl/N-ethyl adjacent to an activating group) is 1. The van der Waals surface area contributed by atoms with E-state index in [0.717, 1.165) is 0 Å². The summed E-state index contributed by atoms with van der Waals surface area (Å²) in [5.41, 5.74) is 0.760. The quantitative estimate of drug-likeness (QED) is 0.567. The SMILES string of the molecule is C[C@@H](OC(=O)c1ccccc1SCC(=O)Nc1ccc(F)cc1)C(=O)N(C)C. The van der Waals surface area contributed by atoms with Gasteiger partial charge in [-0.1, -0.05) is 12.1 Å². The number of hydrogen-bond donors (Lipinski definition) is 1. The first kappa shape index (κ1) is 21.4. The Bertz CT molecular complexity index is 856. The summed E-state index contributed by atoms with van der Waals surface area (Å²) in [5, 5.41) is 2.65. The van der Waals surface area contributed by atoms with Gasteiger partial charge in [-0.05, 0) is 43.3 Å². The molecule has 28 heavy (non-hydrogen) atoms. The molecular formula is C20H21FN2O4S. The van der Waals surface area contributed by atoms with Crippen molar-refractivity contribution in [2.24, 2.45) is 0 Å². The van der Waals surface area contributed by atoms with Gasteiger partial charge in [0.25, 0.3) is 5.91 Å². The van der Waals surface area contributed by atoms with E-state index < -0.39 is 12.1 Å². The number of esters is 1. The van der Waals surface area contributed by atoms with Gasteiger partial charge in [0.2, 0.25) is 5.91 Å². The number of anilines is 1. The zero-order valence-corrected chi connectivity index (χ0v) is 16.6. The number of carbonyl (C=O) groups excluding carboxylic acids is 3. The minimum Gasteiger partial charge on any atom is -0.449 e. The van der Waals surface area contributed by atoms with E-state index in [1.165, 1.54) is 47.9 Å². The summed E-state index contributed by atoms with van der Waals surface area (Å²) in [5.74, 6) is -1.59. The predicted molar refractivity (Wildman–Crippen MR) is 106 cm³/mol. The molecule has 0 aliphatic heterocycles. The molecule has 2 rings (SSSR count). The summed E-state index contributed by atoms with van der Waals surface area (Å²) in [7, 11) is 3.16. The highest BCUT2D eigenvalue weighted by Crippen LogP contribution is 2.24. The van der Waals surface area contributed by atoms with Gasteiger partial charge in [0.1, 0.15) is 5.82 Å². The summed E-state index contributed by atoms with van der Waals surface area (Å²) in [6.07, 6.45) is -0.915. The molecule has 0 aliphatic rings. The Labute approximate surface area is 167 Å². The molecule has 1 N–H and O–H groups in total. The highest BCUT2D eigenvalue weighted by molar-refractivity contribution is 8.00. The molecule has 0 aromatic heterocycles. The van der Waals surface area contributed by atoms with Crippen LogP contribution in [0.15, 0.2) is 53.4 Å². The fourth-order valence-electron chi connectivity index (χ4n) is 2.27. The lowest BCUT2D eigenvalue weighted by Gasteiger charge is -2.18. The number of rotatable bonds is 7. The highest BCUT2D eigenvalue weighted by atomic mass is 32.2. The molecule has 0 spiro atoms. The molecule has 1 atom stereocenters. The summed E-state index contributed by atoms with van der Waals surface area (Å²) in [6, 6.07) is 12.1. The van der Waals surface area contributed by atoms with Crippen LogP contribution in [-0.4, -0.2) is 48.6 Å². The van der Waals surface area contributed by atoms with E-state index in [1.807, 2.05) is 0 Å². The Balaban J connectivity index is 1.99. The van der Waals surface area contributed by atoms with Crippen molar-refractivity contribution in [2.75, 3.05) is 25.2 Å². The third kappa shape index (κ3) is 6.09. The minimum absolute atomic E-state index is 0.0495. The van der Waals surface area contributed by atoms with E-state index in [-0.39, 0.29) is 28.9 Å². The fraction of sp³-hybridized carbons (Fsp3) is 0.250. The molecule has 0 aliphatic carbocycles. The number of ether oxygens (including phenoxy) is 1. The van der Waals surface area contributed by atoms with Crippen LogP contribution in [-0.2, 0) is 14.3 Å². The van der Waals surface area contributed by atoms with Crippen LogP contribution in [0.25, 0.3) is 0 Å². The molecule has 2 amide bonds. The first-order chi connectivity index (χ1) is 13.3. The maximum atomic E-state index is 12.9. The number of nitrogens with one attached hydrogen (secondary N) is 1. The maximum absolute atomic E-state index is 12.9. The number of carbonyl (C=O) groups is 3. The van der Waals surface area contributed by atoms with Gasteiger partial charge >= 0.3 is 5.97 Å². The molecule has 0 fully saturated rings. The summed E-state index contributed by atoms with van der Waals surface area (Å²) >= 11 is 1.17. The van der Waals surface area contributed by atoms with Gasteiger partial charge in [0, 0.05) is 24.7 Å². The highest BCUT2D eigenvalue weighted by Gasteiger charge is 2.22. The number of halogens is 1. The largest absolute Gasteiger partial charge is 0.449 e. The molecule has 0 unspecified atom stereocenters. The van der Waals surface area contributed by atoms with E-state index in [1.54, 1.807) is 38.4 Å². The lowest BCUT2D eigenvalue weighted by molar-refractivity contribution is -0.137. The standard InChI is InChI=1S/C20H21FN2O4S/c1-13(19(25)23(2)3)27-20(26)16-6-4-5-7-17(16)28-12-18(24)22-15-10-8-14(21)9-11-15/h4-11,13H,12H2,1-3H3,(H,22,24)/t13-/m1/s1. The smallest absolute Gasteiger partial charge is 0.340 e. The van der Waals surface area contributed by atoms with Crippen molar-refractivity contribution >= 4 is 35.2 Å². The van der Waals surface area contributed by atoms with Crippen molar-refractivity contribution in [3.05, 3.63) is 59.9 Å². The molecule has 148 valence electrons. The lowest BCUT2D eigenvalue weighted by atomic mass is 10.2. The number of thioether (sulfide) groups is 1. The minimum atomic E-state index is -0.915. The Morgan fingerprint density at radius 3 is 2.39 bits per heavy atom. The van der Waals surface area contributed by atoms with Gasteiger partial charge in [-0.15, -0.1) is 11.8 Å². The molecular weight excluding hydrogens is 383 g/mol. The second kappa shape index (κ2) is 9.89. The molecule has 0 bridgehead atoms. The average molecular weight is 404 g/mol. The second-order valence-electron chi connectivity index (χ2n) is 6.12. The lowest BCUT2D eigenvalue weighted by Crippen LogP contribution is -2.35. The van der Waals surface area contributed by atoms with Crippen molar-refractivity contribution < 1.29 is 23.5 Å². The molecule has 0 saturated carbocycles. The first-order valence-electron chi connectivity index (χ1n) is 8.47. The third-order valence-corrected chi connectivity index (χ3v) is 4.74. The van der Waals surface area contributed by atoms with E-state index in [0.29, 0.717) is 10.6 Å². The van der Waals surface area contributed by atoms with E-state index in [2.05, 4.69) is 5.32 Å². The number of benzene rings is 2. The molecule has 8 heteroatoms. The molecule has 0 saturated heterocycles. The van der Waals surface area contributed by atoms with Crippen LogP contribution >= 0.6 is 11.8 Å². The molecule has 0 heterocycles. The Kier molecular flexibility index (Phi) is 7.57. The maximum Gasteiger partial charge on any atom is 0.340 e. The Morgan fingerprint density at radius 1 is 1.11 bits per heavy atom. The third-order valence-electron chi connectivity index (χ3n) is 3.67. The summed E-state index contributed by atoms with van der Waals surface area (Å²) in [4.78, 5) is 38.3. The predicted octanol–water partition coefficient (Wildman–Crippen LogP) is 3.19. The van der Waals surface area contributed by atoms with Crippen LogP contribution in [0.4, 0.5) is 10.1 Å². The van der Waals surface area contributed by atoms with Crippen molar-refractivity contribution in [3.63, 3.8) is 0 Å². The number of amides is 2. The normalized spacial score (nSPS) is 11.4. The molecule has 0 radical (unpaired) electrons. The van der Waals surface area contributed by atoms with E-state index in [4.69, 9.17) is 4.74 Å². The zero-order valence-electron chi connectivity index (χ0n) is 15.8. The van der Waals surface area contributed by atoms with Crippen molar-refractivity contribution in [1.29, 1.82) is 0 Å². The number of hydrogen-bond acceptors (Lipinski definition) is 5. The average Bonchev–Trinajstić information content (AvgIpc) is 2.67. The van der Waals surface area contributed by atoms with E-state index in [9.17, 15) is 18.8 Å². The number of nitrogens with zero attached hydrogens (tertiary/aromatic N) is 1. The monoisotopic (exact) mass is 404 g/mol. The van der Waals surface area contributed by atoms with Gasteiger partial charge in [0.05, 0.1) is 11.3 Å². The fourth-order valence-corrected chi connectivity index (χ4v) is 3.11. The van der Waals surface area contributed by atoms with Gasteiger partial charge in [-0.25, -0.2) is 9.18 Å². The van der Waals surface area contributed by atoms with Crippen molar-refractivity contribution in [1.82, 2.24) is 4.90 Å². The van der Waals surface area contributed by atoms with Gasteiger partial charge < -0.3 is 15.0 Å². The Morgan fingerprint density at radius 2 is 1.75 bits per heavy atom. The van der Waals surface area contributed by atoms with Gasteiger partial charge in [0.15, 0.2) is 6.10 Å². The van der Waals surface area contributed by atoms with Gasteiger partial charge in [-0.2, -0.15) is 0 Å². The van der Waals surface area contributed by atoms with Crippen LogP contribution in [0, 0.1) is 5.82 Å². The molecule has 6 nitrogen and oxygen atoms in total. The summed E-state index contributed by atoms with van der Waals surface area (Å²) < 4.78 is 18.1. The topological polar surface area (TPSA) is 75.7 Å². The zero-order chi connectivity index (χ0) is 20.7. The molecule has 2 aromatic rings. The van der Waals surface area contributed by atoms with Gasteiger partial charge in [-0.3, -0.25) is 9.59 Å². The molecule has 2 aromatic carbocycles. The van der Waals surface area contributed by atoms with Crippen molar-refractivity contribution in [3.8, 4) is 0 Å². The van der Waals surface area contributed by atoms with Crippen LogP contribution in [0.2, 0.25) is 0 Å². The van der Waals surface area contributed by atoms with Crippen LogP contribution < -0.4 is 5.32 Å². The Hall–Kier alpha value is -2.87. The van der Waals surface area contributed by atoms with Crippen molar-refractivity contribution in [2.45, 2.75) is 17.9 Å². The van der Waals surface area contributed by atoms with E-state index >= 15 is 0 Å². The van der Waals surface area contributed by atoms with Crippen LogP contribution in [0.1, 0.15) is 17.3 Å². The second-order valence-corrected chi connectivity index (χ2v) is 7.14. The van der Waals surface area contributed by atoms with Crippen LogP contribution in [0.5, 0.6) is 0 Å².